The quantitative estimate of drug-likeness (QED) is 0.0321. The third kappa shape index (κ3) is 41.5. The lowest BCUT2D eigenvalue weighted by Gasteiger charge is -2.15. The summed E-state index contributed by atoms with van der Waals surface area (Å²) in [6.07, 6.45) is 53.6. The van der Waals surface area contributed by atoms with Crippen molar-refractivity contribution in [3.63, 3.8) is 0 Å². The van der Waals surface area contributed by atoms with Crippen molar-refractivity contribution in [2.24, 2.45) is 5.73 Å². The Kier molecular flexibility index (Phi) is 42.8. The molecule has 0 fully saturated rings. The molecule has 1 amide bonds. The highest BCUT2D eigenvalue weighted by Crippen LogP contribution is 2.17. The summed E-state index contributed by atoms with van der Waals surface area (Å²) in [5, 5.41) is 11.9. The SMILES string of the molecule is CCCCC/C=C\C/C=C\C/C=C\C(CCCCCCCC(=O)NC(CCCN)C(=O)O)OC(=O)CCCCCCCCCCCCCCCCCCCCCC. The van der Waals surface area contributed by atoms with Crippen LogP contribution in [-0.4, -0.2) is 41.6 Å². The Morgan fingerprint density at radius 2 is 0.965 bits per heavy atom. The number of hydrogen-bond acceptors (Lipinski definition) is 5. The van der Waals surface area contributed by atoms with Crippen LogP contribution in [0, 0.1) is 0 Å². The van der Waals surface area contributed by atoms with Crippen LogP contribution in [0.2, 0.25) is 0 Å². The molecule has 0 spiro atoms. The van der Waals surface area contributed by atoms with Gasteiger partial charge in [-0.3, -0.25) is 9.59 Å². The lowest BCUT2D eigenvalue weighted by Crippen LogP contribution is -2.40. The van der Waals surface area contributed by atoms with Crippen LogP contribution in [-0.2, 0) is 19.1 Å². The summed E-state index contributed by atoms with van der Waals surface area (Å²) in [7, 11) is 0. The van der Waals surface area contributed by atoms with E-state index in [1.54, 1.807) is 0 Å². The van der Waals surface area contributed by atoms with Gasteiger partial charge < -0.3 is 20.9 Å². The summed E-state index contributed by atoms with van der Waals surface area (Å²) >= 11 is 0. The second kappa shape index (κ2) is 44.7. The molecule has 332 valence electrons. The number of nitrogens with one attached hydrogen (secondary N) is 1. The lowest BCUT2D eigenvalue weighted by molar-refractivity contribution is -0.147. The Hall–Kier alpha value is -2.41. The molecule has 0 aromatic heterocycles. The molecule has 0 aliphatic heterocycles. The number of aliphatic carboxylic acids is 1. The summed E-state index contributed by atoms with van der Waals surface area (Å²) in [5.74, 6) is -1.31. The Bertz CT molecular complexity index is 993. The predicted octanol–water partition coefficient (Wildman–Crippen LogP) is 14.2. The molecule has 0 aromatic rings. The van der Waals surface area contributed by atoms with E-state index in [1.165, 1.54) is 135 Å². The van der Waals surface area contributed by atoms with E-state index in [2.05, 4.69) is 55.6 Å². The van der Waals surface area contributed by atoms with Gasteiger partial charge in [-0.05, 0) is 76.8 Å². The standard InChI is InChI=1S/C50H92N2O5/c1-3-5-7-9-11-13-15-16-17-18-19-20-21-22-23-25-27-29-34-38-44-49(54)57-46(40-35-31-28-26-24-14-12-10-8-6-4-2)41-36-32-30-33-37-43-48(53)52-47(50(55)56)42-39-45-51/h12,14,26,28,35,40,46-47H,3-11,13,15-25,27,29-34,36-39,41-45,51H2,1-2H3,(H,52,53)(H,55,56)/b14-12-,28-26-,40-35-. The van der Waals surface area contributed by atoms with Crippen molar-refractivity contribution in [1.29, 1.82) is 0 Å². The number of esters is 1. The third-order valence-electron chi connectivity index (χ3n) is 10.9. The molecule has 0 saturated carbocycles. The maximum absolute atomic E-state index is 12.8. The van der Waals surface area contributed by atoms with Crippen molar-refractivity contribution in [2.45, 2.75) is 257 Å². The molecule has 0 rings (SSSR count). The minimum absolute atomic E-state index is 0.0899. The average Bonchev–Trinajstić information content (AvgIpc) is 3.20. The summed E-state index contributed by atoms with van der Waals surface area (Å²) in [5.41, 5.74) is 5.49. The minimum atomic E-state index is -1.01. The van der Waals surface area contributed by atoms with E-state index in [9.17, 15) is 19.5 Å². The molecule has 7 nitrogen and oxygen atoms in total. The maximum Gasteiger partial charge on any atom is 0.326 e. The largest absolute Gasteiger partial charge is 0.480 e. The van der Waals surface area contributed by atoms with Crippen LogP contribution in [0.25, 0.3) is 0 Å². The topological polar surface area (TPSA) is 119 Å². The molecule has 2 atom stereocenters. The van der Waals surface area contributed by atoms with E-state index in [1.807, 2.05) is 0 Å². The number of hydrogen-bond donors (Lipinski definition) is 3. The number of carboxylic acids is 1. The van der Waals surface area contributed by atoms with E-state index in [0.717, 1.165) is 70.6 Å². The van der Waals surface area contributed by atoms with E-state index in [4.69, 9.17) is 10.5 Å². The molecule has 0 bridgehead atoms. The highest BCUT2D eigenvalue weighted by atomic mass is 16.5. The molecular formula is C50H92N2O5. The van der Waals surface area contributed by atoms with Crippen LogP contribution in [0.15, 0.2) is 36.5 Å². The highest BCUT2D eigenvalue weighted by molar-refractivity contribution is 5.83. The summed E-state index contributed by atoms with van der Waals surface area (Å²) < 4.78 is 5.96. The van der Waals surface area contributed by atoms with Crippen molar-refractivity contribution < 1.29 is 24.2 Å². The average molecular weight is 801 g/mol. The molecule has 2 unspecified atom stereocenters. The molecular weight excluding hydrogens is 709 g/mol. The first-order valence-electron chi connectivity index (χ1n) is 24.3. The first-order chi connectivity index (χ1) is 27.9. The predicted molar refractivity (Wildman–Crippen MR) is 243 cm³/mol. The molecule has 0 aromatic carbocycles. The van der Waals surface area contributed by atoms with Gasteiger partial charge in [-0.1, -0.05) is 198 Å². The zero-order valence-corrected chi connectivity index (χ0v) is 37.4. The second-order valence-electron chi connectivity index (χ2n) is 16.5. The van der Waals surface area contributed by atoms with Crippen LogP contribution in [0.1, 0.15) is 245 Å². The molecule has 0 heterocycles. The number of amides is 1. The van der Waals surface area contributed by atoms with Gasteiger partial charge in [0.25, 0.3) is 0 Å². The number of carbonyl (C=O) groups excluding carboxylic acids is 2. The summed E-state index contributed by atoms with van der Waals surface area (Å²) in [6.45, 7) is 4.92. The first-order valence-corrected chi connectivity index (χ1v) is 24.3. The number of carbonyl (C=O) groups is 3. The Balaban J connectivity index is 4.26. The Labute approximate surface area is 352 Å². The summed E-state index contributed by atoms with van der Waals surface area (Å²) in [4.78, 5) is 36.4. The molecule has 0 radical (unpaired) electrons. The van der Waals surface area contributed by atoms with Gasteiger partial charge in [0, 0.05) is 12.8 Å². The maximum atomic E-state index is 12.8. The minimum Gasteiger partial charge on any atom is -0.480 e. The molecule has 0 aliphatic rings. The number of rotatable bonds is 44. The Morgan fingerprint density at radius 3 is 1.47 bits per heavy atom. The smallest absolute Gasteiger partial charge is 0.326 e. The number of unbranched alkanes of at least 4 members (excludes halogenated alkanes) is 26. The fourth-order valence-corrected chi connectivity index (χ4v) is 7.26. The van der Waals surface area contributed by atoms with Gasteiger partial charge in [0.1, 0.15) is 12.1 Å². The molecule has 4 N–H and O–H groups in total. The van der Waals surface area contributed by atoms with Crippen LogP contribution in [0.4, 0.5) is 0 Å². The van der Waals surface area contributed by atoms with E-state index in [0.29, 0.717) is 32.2 Å². The van der Waals surface area contributed by atoms with Crippen molar-refractivity contribution >= 4 is 17.8 Å². The van der Waals surface area contributed by atoms with Crippen molar-refractivity contribution in [3.05, 3.63) is 36.5 Å². The van der Waals surface area contributed by atoms with E-state index in [-0.39, 0.29) is 18.0 Å². The fraction of sp³-hybridized carbons (Fsp3) is 0.820. The van der Waals surface area contributed by atoms with Crippen molar-refractivity contribution in [2.75, 3.05) is 6.54 Å². The van der Waals surface area contributed by atoms with Crippen molar-refractivity contribution in [1.82, 2.24) is 5.32 Å². The van der Waals surface area contributed by atoms with Gasteiger partial charge >= 0.3 is 11.9 Å². The highest BCUT2D eigenvalue weighted by Gasteiger charge is 2.19. The Morgan fingerprint density at radius 1 is 0.526 bits per heavy atom. The van der Waals surface area contributed by atoms with Gasteiger partial charge in [0.05, 0.1) is 0 Å². The molecule has 7 heteroatoms. The van der Waals surface area contributed by atoms with Crippen LogP contribution in [0.3, 0.4) is 0 Å². The second-order valence-corrected chi connectivity index (χ2v) is 16.5. The monoisotopic (exact) mass is 801 g/mol. The fourth-order valence-electron chi connectivity index (χ4n) is 7.26. The van der Waals surface area contributed by atoms with Crippen molar-refractivity contribution in [3.8, 4) is 0 Å². The number of nitrogens with two attached hydrogens (primary N) is 1. The van der Waals surface area contributed by atoms with Gasteiger partial charge in [-0.2, -0.15) is 0 Å². The molecule has 0 aliphatic carbocycles. The molecule has 57 heavy (non-hydrogen) atoms. The normalized spacial score (nSPS) is 12.9. The number of ether oxygens (including phenoxy) is 1. The number of allylic oxidation sites excluding steroid dienone is 5. The van der Waals surface area contributed by atoms with Crippen LogP contribution >= 0.6 is 0 Å². The van der Waals surface area contributed by atoms with E-state index < -0.39 is 12.0 Å². The third-order valence-corrected chi connectivity index (χ3v) is 10.9. The number of carboxylic acid groups (broad SMARTS) is 1. The summed E-state index contributed by atoms with van der Waals surface area (Å²) in [6, 6.07) is -0.866. The molecule has 0 saturated heterocycles. The van der Waals surface area contributed by atoms with Gasteiger partial charge in [0.15, 0.2) is 0 Å². The zero-order valence-electron chi connectivity index (χ0n) is 37.4. The van der Waals surface area contributed by atoms with Gasteiger partial charge in [0.2, 0.25) is 5.91 Å². The zero-order chi connectivity index (χ0) is 41.7. The lowest BCUT2D eigenvalue weighted by atomic mass is 10.0. The van der Waals surface area contributed by atoms with Crippen LogP contribution in [0.5, 0.6) is 0 Å². The van der Waals surface area contributed by atoms with Gasteiger partial charge in [-0.25, -0.2) is 4.79 Å². The van der Waals surface area contributed by atoms with Crippen LogP contribution < -0.4 is 11.1 Å². The first kappa shape index (κ1) is 54.6. The van der Waals surface area contributed by atoms with E-state index >= 15 is 0 Å². The van der Waals surface area contributed by atoms with Gasteiger partial charge in [-0.15, -0.1) is 0 Å².